The van der Waals surface area contributed by atoms with Gasteiger partial charge in [-0.15, -0.1) is 11.3 Å². The molecule has 1 aromatic heterocycles. The van der Waals surface area contributed by atoms with Crippen LogP contribution in [0.25, 0.3) is 0 Å². The monoisotopic (exact) mass is 363 g/mol. The molecule has 0 aliphatic heterocycles. The number of thiophene rings is 1. The zero-order valence-electron chi connectivity index (χ0n) is 13.6. The summed E-state index contributed by atoms with van der Waals surface area (Å²) in [4.78, 5) is 13.6. The Bertz CT molecular complexity index is 656. The van der Waals surface area contributed by atoms with E-state index in [2.05, 4.69) is 29.4 Å². The molecule has 1 aromatic carbocycles. The summed E-state index contributed by atoms with van der Waals surface area (Å²) in [5, 5.41) is 5.00. The van der Waals surface area contributed by atoms with Gasteiger partial charge in [0.2, 0.25) is 0 Å². The Labute approximate surface area is 150 Å². The maximum Gasteiger partial charge on any atom is 0.251 e. The summed E-state index contributed by atoms with van der Waals surface area (Å²) in [6, 6.07) is 9.33. The molecule has 1 heterocycles. The SMILES string of the molecule is C=CCOc1ccc(C(=O)NCCSCc2cccs2)cc1OC. The van der Waals surface area contributed by atoms with E-state index in [4.69, 9.17) is 9.47 Å². The van der Waals surface area contributed by atoms with Crippen molar-refractivity contribution in [1.82, 2.24) is 5.32 Å². The van der Waals surface area contributed by atoms with Crippen LogP contribution in [0.2, 0.25) is 0 Å². The molecule has 1 N–H and O–H groups in total. The summed E-state index contributed by atoms with van der Waals surface area (Å²) in [5.74, 6) is 2.88. The molecule has 0 spiro atoms. The van der Waals surface area contributed by atoms with E-state index >= 15 is 0 Å². The van der Waals surface area contributed by atoms with Crippen molar-refractivity contribution in [3.63, 3.8) is 0 Å². The molecular formula is C18H21NO3S2. The average molecular weight is 364 g/mol. The van der Waals surface area contributed by atoms with E-state index in [1.165, 1.54) is 4.88 Å². The molecule has 24 heavy (non-hydrogen) atoms. The largest absolute Gasteiger partial charge is 0.493 e. The van der Waals surface area contributed by atoms with Crippen molar-refractivity contribution < 1.29 is 14.3 Å². The smallest absolute Gasteiger partial charge is 0.251 e. The van der Waals surface area contributed by atoms with Gasteiger partial charge in [0.05, 0.1) is 7.11 Å². The van der Waals surface area contributed by atoms with E-state index < -0.39 is 0 Å². The van der Waals surface area contributed by atoms with Crippen LogP contribution < -0.4 is 14.8 Å². The fourth-order valence-corrected chi connectivity index (χ4v) is 3.68. The number of carbonyl (C=O) groups is 1. The number of ether oxygens (including phenoxy) is 2. The highest BCUT2D eigenvalue weighted by Crippen LogP contribution is 2.28. The van der Waals surface area contributed by atoms with Crippen LogP contribution in [0.3, 0.4) is 0 Å². The zero-order chi connectivity index (χ0) is 17.2. The van der Waals surface area contributed by atoms with E-state index in [1.807, 2.05) is 11.8 Å². The number of hydrogen-bond donors (Lipinski definition) is 1. The zero-order valence-corrected chi connectivity index (χ0v) is 15.3. The van der Waals surface area contributed by atoms with Crippen LogP contribution >= 0.6 is 23.1 Å². The maximum atomic E-state index is 12.2. The van der Waals surface area contributed by atoms with Crippen LogP contribution in [0, 0.1) is 0 Å². The van der Waals surface area contributed by atoms with Gasteiger partial charge in [-0.2, -0.15) is 11.8 Å². The summed E-state index contributed by atoms with van der Waals surface area (Å²) in [6.07, 6.45) is 1.66. The molecule has 2 aromatic rings. The van der Waals surface area contributed by atoms with Gasteiger partial charge in [-0.1, -0.05) is 18.7 Å². The standard InChI is InChI=1S/C18H21NO3S2/c1-3-9-22-16-7-6-14(12-17(16)21-2)18(20)19-8-11-23-13-15-5-4-10-24-15/h3-7,10,12H,1,8-9,11,13H2,2H3,(H,19,20). The fraction of sp³-hybridized carbons (Fsp3) is 0.278. The van der Waals surface area contributed by atoms with Gasteiger partial charge in [0, 0.05) is 28.5 Å². The first-order valence-corrected chi connectivity index (χ1v) is 9.58. The molecule has 4 nitrogen and oxygen atoms in total. The van der Waals surface area contributed by atoms with Crippen LogP contribution in [0.5, 0.6) is 11.5 Å². The number of nitrogens with one attached hydrogen (secondary N) is 1. The third kappa shape index (κ3) is 5.62. The second kappa shape index (κ2) is 10.1. The number of hydrogen-bond acceptors (Lipinski definition) is 5. The van der Waals surface area contributed by atoms with Gasteiger partial charge in [0.15, 0.2) is 11.5 Å². The van der Waals surface area contributed by atoms with Crippen molar-refractivity contribution in [3.8, 4) is 11.5 Å². The molecule has 0 saturated heterocycles. The Balaban J connectivity index is 1.79. The Morgan fingerprint density at radius 3 is 2.96 bits per heavy atom. The summed E-state index contributed by atoms with van der Waals surface area (Å²) in [7, 11) is 1.55. The summed E-state index contributed by atoms with van der Waals surface area (Å²) < 4.78 is 10.8. The fourth-order valence-electron chi connectivity index (χ4n) is 1.98. The Hall–Kier alpha value is -1.92. The molecule has 0 aliphatic carbocycles. The molecular weight excluding hydrogens is 342 g/mol. The van der Waals surface area contributed by atoms with Gasteiger partial charge in [-0.05, 0) is 29.6 Å². The molecule has 128 valence electrons. The number of rotatable bonds is 10. The van der Waals surface area contributed by atoms with Crippen LogP contribution in [0.1, 0.15) is 15.2 Å². The Morgan fingerprint density at radius 1 is 1.38 bits per heavy atom. The van der Waals surface area contributed by atoms with E-state index in [-0.39, 0.29) is 5.91 Å². The normalized spacial score (nSPS) is 10.2. The average Bonchev–Trinajstić information content (AvgIpc) is 3.12. The highest BCUT2D eigenvalue weighted by molar-refractivity contribution is 7.98. The van der Waals surface area contributed by atoms with Crippen molar-refractivity contribution in [2.75, 3.05) is 26.0 Å². The summed E-state index contributed by atoms with van der Waals surface area (Å²) in [6.45, 7) is 4.63. The van der Waals surface area contributed by atoms with Crippen LogP contribution in [-0.4, -0.2) is 31.9 Å². The number of methoxy groups -OCH3 is 1. The summed E-state index contributed by atoms with van der Waals surface area (Å²) in [5.41, 5.74) is 0.557. The first-order valence-electron chi connectivity index (χ1n) is 7.54. The van der Waals surface area contributed by atoms with Crippen molar-refractivity contribution in [2.24, 2.45) is 0 Å². The predicted octanol–water partition coefficient (Wildman–Crippen LogP) is 3.98. The molecule has 0 atom stereocenters. The third-order valence-corrected chi connectivity index (χ3v) is 5.21. The lowest BCUT2D eigenvalue weighted by Gasteiger charge is -2.11. The third-order valence-electron chi connectivity index (χ3n) is 3.14. The predicted molar refractivity (Wildman–Crippen MR) is 102 cm³/mol. The van der Waals surface area contributed by atoms with Gasteiger partial charge in [0.25, 0.3) is 5.91 Å². The Morgan fingerprint density at radius 2 is 2.25 bits per heavy atom. The summed E-state index contributed by atoms with van der Waals surface area (Å²) >= 11 is 3.56. The molecule has 2 rings (SSSR count). The minimum absolute atomic E-state index is 0.111. The molecule has 0 radical (unpaired) electrons. The number of benzene rings is 1. The minimum Gasteiger partial charge on any atom is -0.493 e. The maximum absolute atomic E-state index is 12.2. The van der Waals surface area contributed by atoms with E-state index in [0.717, 1.165) is 11.5 Å². The number of carbonyl (C=O) groups excluding carboxylic acids is 1. The van der Waals surface area contributed by atoms with E-state index in [0.29, 0.717) is 30.2 Å². The van der Waals surface area contributed by atoms with Crippen molar-refractivity contribution >= 4 is 29.0 Å². The quantitative estimate of drug-likeness (QED) is 0.512. The molecule has 0 saturated carbocycles. The van der Waals surface area contributed by atoms with E-state index in [9.17, 15) is 4.79 Å². The minimum atomic E-state index is -0.111. The van der Waals surface area contributed by atoms with Crippen molar-refractivity contribution in [3.05, 3.63) is 58.8 Å². The topological polar surface area (TPSA) is 47.6 Å². The molecule has 0 unspecified atom stereocenters. The second-order valence-corrected chi connectivity index (χ2v) is 6.99. The highest BCUT2D eigenvalue weighted by Gasteiger charge is 2.10. The first kappa shape index (κ1) is 18.4. The van der Waals surface area contributed by atoms with E-state index in [1.54, 1.807) is 42.7 Å². The Kier molecular flexibility index (Phi) is 7.71. The van der Waals surface area contributed by atoms with Crippen LogP contribution in [-0.2, 0) is 5.75 Å². The second-order valence-electron chi connectivity index (χ2n) is 4.85. The molecule has 0 fully saturated rings. The molecule has 6 heteroatoms. The van der Waals surface area contributed by atoms with Crippen LogP contribution in [0.4, 0.5) is 0 Å². The number of amides is 1. The van der Waals surface area contributed by atoms with Gasteiger partial charge in [-0.25, -0.2) is 0 Å². The van der Waals surface area contributed by atoms with Crippen molar-refractivity contribution in [1.29, 1.82) is 0 Å². The van der Waals surface area contributed by atoms with Gasteiger partial charge in [-0.3, -0.25) is 4.79 Å². The lowest BCUT2D eigenvalue weighted by atomic mass is 10.2. The van der Waals surface area contributed by atoms with Gasteiger partial charge < -0.3 is 14.8 Å². The lowest BCUT2D eigenvalue weighted by molar-refractivity contribution is 0.0956. The molecule has 0 aliphatic rings. The molecule has 1 amide bonds. The van der Waals surface area contributed by atoms with Crippen LogP contribution in [0.15, 0.2) is 48.4 Å². The molecule has 0 bridgehead atoms. The van der Waals surface area contributed by atoms with Crippen molar-refractivity contribution in [2.45, 2.75) is 5.75 Å². The highest BCUT2D eigenvalue weighted by atomic mass is 32.2. The number of thioether (sulfide) groups is 1. The van der Waals surface area contributed by atoms with Gasteiger partial charge in [0.1, 0.15) is 6.61 Å². The van der Waals surface area contributed by atoms with Gasteiger partial charge >= 0.3 is 0 Å². The lowest BCUT2D eigenvalue weighted by Crippen LogP contribution is -2.25. The first-order chi connectivity index (χ1) is 11.7.